The van der Waals surface area contributed by atoms with Gasteiger partial charge in [-0.2, -0.15) is 0 Å². The van der Waals surface area contributed by atoms with Crippen molar-refractivity contribution in [1.82, 2.24) is 4.90 Å². The number of piperidine rings is 1. The number of hydrogen-bond donors (Lipinski definition) is 0. The molecule has 5 nitrogen and oxygen atoms in total. The fraction of sp³-hybridized carbons (Fsp3) is 0.462. The van der Waals surface area contributed by atoms with Crippen molar-refractivity contribution in [1.29, 1.82) is 0 Å². The average molecular weight is 247 g/mol. The van der Waals surface area contributed by atoms with E-state index in [9.17, 15) is 4.79 Å². The van der Waals surface area contributed by atoms with Crippen molar-refractivity contribution in [2.45, 2.75) is 25.5 Å². The molecule has 1 atom stereocenters. The van der Waals surface area contributed by atoms with Gasteiger partial charge in [0, 0.05) is 25.1 Å². The molecule has 3 aliphatic heterocycles. The molecule has 1 saturated heterocycles. The largest absolute Gasteiger partial charge is 0.469 e. The normalized spacial score (nSPS) is 24.3. The highest BCUT2D eigenvalue weighted by molar-refractivity contribution is 5.99. The second-order valence-electron chi connectivity index (χ2n) is 4.77. The fourth-order valence-electron chi connectivity index (χ4n) is 2.75. The van der Waals surface area contributed by atoms with Crippen molar-refractivity contribution in [2.24, 2.45) is 0 Å². The van der Waals surface area contributed by atoms with E-state index in [1.807, 2.05) is 4.90 Å². The van der Waals surface area contributed by atoms with Gasteiger partial charge in [-0.3, -0.25) is 4.79 Å². The summed E-state index contributed by atoms with van der Waals surface area (Å²) in [5, 5.41) is 0. The number of hydrogen-bond acceptors (Lipinski definition) is 4. The molecule has 3 aliphatic rings. The third kappa shape index (κ3) is 1.30. The van der Waals surface area contributed by atoms with Crippen LogP contribution in [0.1, 0.15) is 29.6 Å². The quantitative estimate of drug-likeness (QED) is 0.701. The molecule has 1 aromatic rings. The third-order valence-corrected chi connectivity index (χ3v) is 3.68. The number of carbonyl (C=O) groups excluding carboxylic acids is 1. The Bertz CT molecular complexity index is 528. The lowest BCUT2D eigenvalue weighted by Gasteiger charge is -2.39. The molecule has 1 aromatic carbocycles. The summed E-state index contributed by atoms with van der Waals surface area (Å²) in [6.07, 6.45) is 2.94. The van der Waals surface area contributed by atoms with Crippen LogP contribution in [0.15, 0.2) is 12.1 Å². The lowest BCUT2D eigenvalue weighted by molar-refractivity contribution is -0.00838. The molecule has 1 amide bonds. The fourth-order valence-corrected chi connectivity index (χ4v) is 2.75. The molecule has 0 bridgehead atoms. The molecule has 1 fully saturated rings. The zero-order chi connectivity index (χ0) is 12.1. The molecule has 1 unspecified atom stereocenters. The minimum absolute atomic E-state index is 0.0410. The van der Waals surface area contributed by atoms with Crippen LogP contribution in [0.4, 0.5) is 0 Å². The lowest BCUT2D eigenvalue weighted by Crippen LogP contribution is -2.49. The lowest BCUT2D eigenvalue weighted by atomic mass is 10.0. The van der Waals surface area contributed by atoms with Gasteiger partial charge in [0.2, 0.25) is 6.79 Å². The minimum Gasteiger partial charge on any atom is -0.469 e. The summed E-state index contributed by atoms with van der Waals surface area (Å²) in [5.41, 5.74) is 0.581. The second kappa shape index (κ2) is 3.54. The standard InChI is InChI=1S/C13H13NO4/c15-13-8-5-10-11(17-7-16-10)6-9(8)18-12-3-1-2-4-14(12)13/h5-6,12H,1-4,7H2. The molecular formula is C13H13NO4. The van der Waals surface area contributed by atoms with E-state index in [0.717, 1.165) is 25.8 Å². The molecule has 0 radical (unpaired) electrons. The number of amides is 1. The van der Waals surface area contributed by atoms with Gasteiger partial charge in [-0.05, 0) is 12.8 Å². The SMILES string of the molecule is O=C1c2cc3c(cc2OC2CCCCN12)OCO3. The topological polar surface area (TPSA) is 48.0 Å². The summed E-state index contributed by atoms with van der Waals surface area (Å²) in [6, 6.07) is 3.49. The number of benzene rings is 1. The predicted octanol–water partition coefficient (Wildman–Crippen LogP) is 1.76. The number of ether oxygens (including phenoxy) is 3. The van der Waals surface area contributed by atoms with Gasteiger partial charge in [-0.25, -0.2) is 0 Å². The van der Waals surface area contributed by atoms with Gasteiger partial charge in [0.1, 0.15) is 5.75 Å². The molecule has 0 saturated carbocycles. The van der Waals surface area contributed by atoms with Gasteiger partial charge >= 0.3 is 0 Å². The van der Waals surface area contributed by atoms with E-state index in [4.69, 9.17) is 14.2 Å². The highest BCUT2D eigenvalue weighted by Gasteiger charge is 2.36. The van der Waals surface area contributed by atoms with Crippen LogP contribution in [0.25, 0.3) is 0 Å². The van der Waals surface area contributed by atoms with Crippen molar-refractivity contribution < 1.29 is 19.0 Å². The average Bonchev–Trinajstić information content (AvgIpc) is 2.84. The molecule has 0 aliphatic carbocycles. The Balaban J connectivity index is 1.80. The van der Waals surface area contributed by atoms with Crippen molar-refractivity contribution in [3.63, 3.8) is 0 Å². The van der Waals surface area contributed by atoms with Gasteiger partial charge in [-0.1, -0.05) is 0 Å². The Morgan fingerprint density at radius 2 is 1.94 bits per heavy atom. The smallest absolute Gasteiger partial charge is 0.260 e. The summed E-state index contributed by atoms with van der Waals surface area (Å²) >= 11 is 0. The summed E-state index contributed by atoms with van der Waals surface area (Å²) < 4.78 is 16.5. The van der Waals surface area contributed by atoms with Crippen molar-refractivity contribution in [2.75, 3.05) is 13.3 Å². The van der Waals surface area contributed by atoms with Crippen LogP contribution in [0.2, 0.25) is 0 Å². The van der Waals surface area contributed by atoms with E-state index >= 15 is 0 Å². The van der Waals surface area contributed by atoms with Crippen LogP contribution >= 0.6 is 0 Å². The number of fused-ring (bicyclic) bond motifs is 3. The van der Waals surface area contributed by atoms with E-state index in [2.05, 4.69) is 0 Å². The van der Waals surface area contributed by atoms with Gasteiger partial charge in [-0.15, -0.1) is 0 Å². The summed E-state index contributed by atoms with van der Waals surface area (Å²) in [6.45, 7) is 0.983. The Morgan fingerprint density at radius 3 is 2.83 bits per heavy atom. The number of nitrogens with zero attached hydrogens (tertiary/aromatic N) is 1. The first kappa shape index (κ1) is 10.1. The monoisotopic (exact) mass is 247 g/mol. The molecule has 0 aromatic heterocycles. The van der Waals surface area contributed by atoms with Gasteiger partial charge in [0.05, 0.1) is 5.56 Å². The van der Waals surface area contributed by atoms with Gasteiger partial charge in [0.15, 0.2) is 17.7 Å². The van der Waals surface area contributed by atoms with Crippen molar-refractivity contribution in [3.8, 4) is 17.2 Å². The molecule has 4 rings (SSSR count). The van der Waals surface area contributed by atoms with Crippen molar-refractivity contribution in [3.05, 3.63) is 17.7 Å². The maximum atomic E-state index is 12.4. The first-order valence-corrected chi connectivity index (χ1v) is 6.24. The van der Waals surface area contributed by atoms with Crippen LogP contribution in [0.3, 0.4) is 0 Å². The molecular weight excluding hydrogens is 234 g/mol. The zero-order valence-electron chi connectivity index (χ0n) is 9.85. The van der Waals surface area contributed by atoms with Gasteiger partial charge in [0.25, 0.3) is 5.91 Å². The predicted molar refractivity (Wildman–Crippen MR) is 61.9 cm³/mol. The summed E-state index contributed by atoms with van der Waals surface area (Å²) in [7, 11) is 0. The Morgan fingerprint density at radius 1 is 1.11 bits per heavy atom. The highest BCUT2D eigenvalue weighted by atomic mass is 16.7. The third-order valence-electron chi connectivity index (χ3n) is 3.68. The van der Waals surface area contributed by atoms with Gasteiger partial charge < -0.3 is 19.1 Å². The Kier molecular flexibility index (Phi) is 1.98. The van der Waals surface area contributed by atoms with Crippen LogP contribution in [-0.4, -0.2) is 30.4 Å². The van der Waals surface area contributed by atoms with E-state index in [1.54, 1.807) is 12.1 Å². The van der Waals surface area contributed by atoms with Crippen molar-refractivity contribution >= 4 is 5.91 Å². The molecule has 3 heterocycles. The summed E-state index contributed by atoms with van der Waals surface area (Å²) in [4.78, 5) is 14.2. The van der Waals surface area contributed by atoms with Crippen LogP contribution in [-0.2, 0) is 0 Å². The van der Waals surface area contributed by atoms with E-state index in [0.29, 0.717) is 22.8 Å². The number of carbonyl (C=O) groups is 1. The minimum atomic E-state index is -0.112. The molecule has 18 heavy (non-hydrogen) atoms. The first-order chi connectivity index (χ1) is 8.83. The first-order valence-electron chi connectivity index (χ1n) is 6.24. The van der Waals surface area contributed by atoms with E-state index in [-0.39, 0.29) is 18.9 Å². The zero-order valence-corrected chi connectivity index (χ0v) is 9.85. The second-order valence-corrected chi connectivity index (χ2v) is 4.77. The maximum Gasteiger partial charge on any atom is 0.260 e. The Hall–Kier alpha value is -1.91. The van der Waals surface area contributed by atoms with E-state index < -0.39 is 0 Å². The maximum absolute atomic E-state index is 12.4. The van der Waals surface area contributed by atoms with Crippen LogP contribution in [0.5, 0.6) is 17.2 Å². The highest BCUT2D eigenvalue weighted by Crippen LogP contribution is 2.41. The number of rotatable bonds is 0. The molecule has 94 valence electrons. The Labute approximate surface area is 104 Å². The summed E-state index contributed by atoms with van der Waals surface area (Å²) in [5.74, 6) is 1.94. The molecule has 0 N–H and O–H groups in total. The van der Waals surface area contributed by atoms with E-state index in [1.165, 1.54) is 0 Å². The molecule has 0 spiro atoms. The van der Waals surface area contributed by atoms with Crippen LogP contribution in [0, 0.1) is 0 Å². The van der Waals surface area contributed by atoms with Crippen LogP contribution < -0.4 is 14.2 Å². The molecule has 5 heteroatoms.